The monoisotopic (exact) mass is 561 g/mol. The maximum absolute atomic E-state index is 13.3. The zero-order valence-electron chi connectivity index (χ0n) is 22.9. The van der Waals surface area contributed by atoms with Crippen molar-refractivity contribution in [3.63, 3.8) is 0 Å². The zero-order chi connectivity index (χ0) is 28.2. The van der Waals surface area contributed by atoms with Crippen molar-refractivity contribution in [2.45, 2.75) is 25.0 Å². The molecule has 208 valence electrons. The summed E-state index contributed by atoms with van der Waals surface area (Å²) in [5.41, 5.74) is 2.48. The molecule has 1 atom stereocenters. The Hall–Kier alpha value is -4.25. The van der Waals surface area contributed by atoms with Crippen molar-refractivity contribution in [2.24, 2.45) is 0 Å². The normalized spacial score (nSPS) is 15.2. The van der Waals surface area contributed by atoms with E-state index >= 15 is 0 Å². The number of carbonyl (C=O) groups excluding carboxylic acids is 2. The molecule has 10 nitrogen and oxygen atoms in total. The van der Waals surface area contributed by atoms with E-state index in [0.29, 0.717) is 53.4 Å². The van der Waals surface area contributed by atoms with Gasteiger partial charge in [-0.1, -0.05) is 29.5 Å². The summed E-state index contributed by atoms with van der Waals surface area (Å²) >= 11 is 1.33. The van der Waals surface area contributed by atoms with Crippen LogP contribution in [0.5, 0.6) is 11.5 Å². The van der Waals surface area contributed by atoms with Crippen molar-refractivity contribution < 1.29 is 23.5 Å². The van der Waals surface area contributed by atoms with Gasteiger partial charge in [0.25, 0.3) is 5.91 Å². The molecule has 2 aromatic heterocycles. The van der Waals surface area contributed by atoms with E-state index in [2.05, 4.69) is 10.2 Å². The summed E-state index contributed by atoms with van der Waals surface area (Å²) < 4.78 is 18.2. The second-order valence-corrected chi connectivity index (χ2v) is 10.4. The van der Waals surface area contributed by atoms with Crippen LogP contribution < -0.4 is 9.47 Å². The quantitative estimate of drug-likeness (QED) is 0.293. The lowest BCUT2D eigenvalue weighted by atomic mass is 10.1. The maximum Gasteiger partial charge on any atom is 0.257 e. The molecule has 0 radical (unpaired) electrons. The topological polar surface area (TPSA) is 103 Å². The van der Waals surface area contributed by atoms with Gasteiger partial charge in [-0.2, -0.15) is 0 Å². The summed E-state index contributed by atoms with van der Waals surface area (Å²) in [5, 5.41) is 9.32. The van der Waals surface area contributed by atoms with Crippen molar-refractivity contribution in [1.82, 2.24) is 24.6 Å². The second kappa shape index (κ2) is 11.9. The third kappa shape index (κ3) is 5.55. The maximum atomic E-state index is 13.3. The summed E-state index contributed by atoms with van der Waals surface area (Å²) in [7, 11) is 3.09. The van der Waals surface area contributed by atoms with Gasteiger partial charge in [-0.05, 0) is 50.2 Å². The van der Waals surface area contributed by atoms with Crippen LogP contribution in [0.4, 0.5) is 0 Å². The van der Waals surface area contributed by atoms with Gasteiger partial charge in [0.2, 0.25) is 11.7 Å². The molecule has 3 heterocycles. The van der Waals surface area contributed by atoms with Crippen LogP contribution in [0.25, 0.3) is 17.3 Å². The fourth-order valence-electron chi connectivity index (χ4n) is 4.69. The van der Waals surface area contributed by atoms with Crippen LogP contribution in [-0.2, 0) is 4.79 Å². The lowest BCUT2D eigenvalue weighted by Gasteiger charge is -2.40. The first-order chi connectivity index (χ1) is 19.4. The number of piperazine rings is 1. The first kappa shape index (κ1) is 27.3. The van der Waals surface area contributed by atoms with E-state index in [4.69, 9.17) is 13.9 Å². The van der Waals surface area contributed by atoms with Crippen LogP contribution >= 0.6 is 11.8 Å². The number of thioether (sulfide) groups is 1. The number of ether oxygens (including phenoxy) is 2. The van der Waals surface area contributed by atoms with Crippen LogP contribution in [0.1, 0.15) is 22.8 Å². The lowest BCUT2D eigenvalue weighted by Crippen LogP contribution is -2.55. The summed E-state index contributed by atoms with van der Waals surface area (Å²) in [6, 6.07) is 16.6. The number of nitrogens with zero attached hydrogens (tertiary/aromatic N) is 5. The smallest absolute Gasteiger partial charge is 0.257 e. The number of carbonyl (C=O) groups is 2. The van der Waals surface area contributed by atoms with E-state index in [-0.39, 0.29) is 23.6 Å². The van der Waals surface area contributed by atoms with Gasteiger partial charge in [-0.3, -0.25) is 14.2 Å². The Balaban J connectivity index is 1.26. The van der Waals surface area contributed by atoms with Crippen molar-refractivity contribution in [3.05, 3.63) is 72.0 Å². The molecule has 0 saturated carbocycles. The molecule has 4 aromatic rings. The van der Waals surface area contributed by atoms with Crippen molar-refractivity contribution in [3.8, 4) is 28.8 Å². The molecule has 1 fully saturated rings. The third-order valence-corrected chi connectivity index (χ3v) is 7.79. The summed E-state index contributed by atoms with van der Waals surface area (Å²) in [4.78, 5) is 30.2. The van der Waals surface area contributed by atoms with Crippen LogP contribution in [0.15, 0.2) is 70.4 Å². The van der Waals surface area contributed by atoms with Gasteiger partial charge in [-0.25, -0.2) is 0 Å². The molecular formula is C29H31N5O5S. The zero-order valence-corrected chi connectivity index (χ0v) is 23.7. The highest BCUT2D eigenvalue weighted by molar-refractivity contribution is 7.99. The van der Waals surface area contributed by atoms with Gasteiger partial charge < -0.3 is 23.7 Å². The van der Waals surface area contributed by atoms with E-state index in [1.54, 1.807) is 47.4 Å². The number of aromatic nitrogens is 3. The largest absolute Gasteiger partial charge is 0.497 e. The molecule has 1 aliphatic rings. The van der Waals surface area contributed by atoms with Crippen LogP contribution in [0, 0.1) is 6.92 Å². The van der Waals surface area contributed by atoms with E-state index in [0.717, 1.165) is 11.3 Å². The first-order valence-corrected chi connectivity index (χ1v) is 13.9. The molecule has 0 spiro atoms. The van der Waals surface area contributed by atoms with Gasteiger partial charge in [0.1, 0.15) is 11.5 Å². The van der Waals surface area contributed by atoms with Crippen molar-refractivity contribution in [1.29, 1.82) is 0 Å². The number of amides is 2. The fourth-order valence-corrected chi connectivity index (χ4v) is 5.54. The highest BCUT2D eigenvalue weighted by Crippen LogP contribution is 2.30. The SMILES string of the molecule is COc1ccc(C(=O)N2CCN(C(=O)CSc3nnc(-c4ccco4)n3-c3ccc(C)cc3)CC2C)c(OC)c1. The molecule has 1 aliphatic heterocycles. The van der Waals surface area contributed by atoms with Gasteiger partial charge >= 0.3 is 0 Å². The summed E-state index contributed by atoms with van der Waals surface area (Å²) in [6.45, 7) is 5.28. The minimum atomic E-state index is -0.163. The molecule has 1 unspecified atom stereocenters. The molecule has 0 bridgehead atoms. The van der Waals surface area contributed by atoms with Gasteiger partial charge in [0, 0.05) is 37.4 Å². The Labute approximate surface area is 236 Å². The average molecular weight is 562 g/mol. The number of benzene rings is 2. The van der Waals surface area contributed by atoms with Crippen LogP contribution in [-0.4, -0.2) is 82.0 Å². The number of methoxy groups -OCH3 is 2. The van der Waals surface area contributed by atoms with Gasteiger partial charge in [0.15, 0.2) is 10.9 Å². The summed E-state index contributed by atoms with van der Waals surface area (Å²) in [6.07, 6.45) is 1.59. The number of rotatable bonds is 8. The number of hydrogen-bond donors (Lipinski definition) is 0. The minimum Gasteiger partial charge on any atom is -0.497 e. The number of hydrogen-bond acceptors (Lipinski definition) is 8. The van der Waals surface area contributed by atoms with Crippen LogP contribution in [0.3, 0.4) is 0 Å². The van der Waals surface area contributed by atoms with Crippen molar-refractivity contribution >= 4 is 23.6 Å². The Kier molecular flexibility index (Phi) is 8.11. The van der Waals surface area contributed by atoms with E-state index < -0.39 is 0 Å². The van der Waals surface area contributed by atoms with Crippen molar-refractivity contribution in [2.75, 3.05) is 39.6 Å². The van der Waals surface area contributed by atoms with E-state index in [1.807, 2.05) is 48.7 Å². The van der Waals surface area contributed by atoms with Crippen LogP contribution in [0.2, 0.25) is 0 Å². The van der Waals surface area contributed by atoms with E-state index in [1.165, 1.54) is 18.9 Å². The number of aryl methyl sites for hydroxylation is 1. The molecule has 2 amide bonds. The molecular weight excluding hydrogens is 530 g/mol. The Bertz CT molecular complexity index is 1490. The second-order valence-electron chi connectivity index (χ2n) is 9.50. The third-order valence-electron chi connectivity index (χ3n) is 6.87. The van der Waals surface area contributed by atoms with Gasteiger partial charge in [-0.15, -0.1) is 10.2 Å². The minimum absolute atomic E-state index is 0.0241. The first-order valence-electron chi connectivity index (χ1n) is 12.9. The summed E-state index contributed by atoms with van der Waals surface area (Å²) in [5.74, 6) is 2.26. The standard InChI is InChI=1S/C29H31N5O5S/c1-19-7-9-21(10-8-19)34-27(24-6-5-15-39-24)30-31-29(34)40-18-26(35)32-13-14-33(20(2)17-32)28(36)23-12-11-22(37-3)16-25(23)38-4/h5-12,15-16,20H,13-14,17-18H2,1-4H3. The van der Waals surface area contributed by atoms with Gasteiger partial charge in [0.05, 0.1) is 31.8 Å². The molecule has 0 aliphatic carbocycles. The molecule has 5 rings (SSSR count). The molecule has 11 heteroatoms. The Morgan fingerprint density at radius 3 is 2.52 bits per heavy atom. The molecule has 1 saturated heterocycles. The molecule has 40 heavy (non-hydrogen) atoms. The van der Waals surface area contributed by atoms with E-state index in [9.17, 15) is 9.59 Å². The average Bonchev–Trinajstić information content (AvgIpc) is 3.66. The lowest BCUT2D eigenvalue weighted by molar-refractivity contribution is -0.130. The fraction of sp³-hybridized carbons (Fsp3) is 0.310. The Morgan fingerprint density at radius 1 is 1.05 bits per heavy atom. The molecule has 2 aromatic carbocycles. The predicted molar refractivity (Wildman–Crippen MR) is 151 cm³/mol. The Morgan fingerprint density at radius 2 is 1.85 bits per heavy atom. The highest BCUT2D eigenvalue weighted by Gasteiger charge is 2.32. The number of furan rings is 1. The molecule has 0 N–H and O–H groups in total. The highest BCUT2D eigenvalue weighted by atomic mass is 32.2. The predicted octanol–water partition coefficient (Wildman–Crippen LogP) is 4.32.